The fraction of sp³-hybridized carbons (Fsp3) is 0.727. The normalized spacial score (nSPS) is 13.4. The first kappa shape index (κ1) is 11.9. The minimum Gasteiger partial charge on any atom is -0.393 e. The average molecular weight is 211 g/mol. The largest absolute Gasteiger partial charge is 0.393 e. The van der Waals surface area contributed by atoms with E-state index in [1.54, 1.807) is 4.68 Å². The minimum absolute atomic E-state index is 0.0833. The van der Waals surface area contributed by atoms with Crippen LogP contribution in [-0.2, 0) is 6.42 Å². The molecule has 15 heavy (non-hydrogen) atoms. The van der Waals surface area contributed by atoms with E-state index in [4.69, 9.17) is 5.73 Å². The molecule has 0 aliphatic carbocycles. The van der Waals surface area contributed by atoms with E-state index < -0.39 is 0 Å². The Morgan fingerprint density at radius 1 is 1.40 bits per heavy atom. The van der Waals surface area contributed by atoms with E-state index in [9.17, 15) is 4.79 Å². The van der Waals surface area contributed by atoms with Crippen molar-refractivity contribution in [1.29, 1.82) is 0 Å². The predicted octanol–water partition coefficient (Wildman–Crippen LogP) is 1.93. The molecule has 0 aliphatic rings. The summed E-state index contributed by atoms with van der Waals surface area (Å²) in [7, 11) is 0. The summed E-state index contributed by atoms with van der Waals surface area (Å²) in [4.78, 5) is 11.8. The van der Waals surface area contributed by atoms with Crippen LogP contribution in [0.1, 0.15) is 45.9 Å². The number of H-pyrrole nitrogens is 1. The number of nitrogens with one attached hydrogen (secondary N) is 1. The van der Waals surface area contributed by atoms with Gasteiger partial charge in [-0.25, -0.2) is 4.68 Å². The molecule has 86 valence electrons. The van der Waals surface area contributed by atoms with Crippen LogP contribution in [0.3, 0.4) is 0 Å². The van der Waals surface area contributed by atoms with Crippen molar-refractivity contribution >= 4 is 5.69 Å². The van der Waals surface area contributed by atoms with Crippen molar-refractivity contribution < 1.29 is 0 Å². The van der Waals surface area contributed by atoms with Gasteiger partial charge in [-0.1, -0.05) is 20.8 Å². The first-order valence-electron chi connectivity index (χ1n) is 5.56. The molecule has 0 radical (unpaired) electrons. The number of nitrogens with zero attached hydrogens (tertiary/aromatic N) is 1. The number of anilines is 1. The lowest BCUT2D eigenvalue weighted by Crippen LogP contribution is -2.21. The molecule has 3 N–H and O–H groups in total. The van der Waals surface area contributed by atoms with Crippen LogP contribution in [0.5, 0.6) is 0 Å². The molecule has 4 heteroatoms. The minimum atomic E-state index is -0.0833. The summed E-state index contributed by atoms with van der Waals surface area (Å²) >= 11 is 0. The fourth-order valence-corrected chi connectivity index (χ4v) is 1.57. The second kappa shape index (κ2) is 4.55. The molecule has 1 aromatic heterocycles. The van der Waals surface area contributed by atoms with Gasteiger partial charge in [0, 0.05) is 0 Å². The zero-order chi connectivity index (χ0) is 11.6. The van der Waals surface area contributed by atoms with Gasteiger partial charge >= 0.3 is 0 Å². The molecule has 1 atom stereocenters. The van der Waals surface area contributed by atoms with Gasteiger partial charge in [-0.15, -0.1) is 0 Å². The van der Waals surface area contributed by atoms with Crippen LogP contribution >= 0.6 is 0 Å². The molecule has 0 saturated heterocycles. The highest BCUT2D eigenvalue weighted by Crippen LogP contribution is 2.13. The van der Waals surface area contributed by atoms with E-state index in [0.29, 0.717) is 11.6 Å². The van der Waals surface area contributed by atoms with Gasteiger partial charge in [0.1, 0.15) is 5.69 Å². The van der Waals surface area contributed by atoms with Gasteiger partial charge in [-0.05, 0) is 25.7 Å². The van der Waals surface area contributed by atoms with Crippen molar-refractivity contribution in [3.05, 3.63) is 16.0 Å². The third-order valence-corrected chi connectivity index (χ3v) is 2.67. The van der Waals surface area contributed by atoms with Crippen molar-refractivity contribution in [2.24, 2.45) is 5.92 Å². The van der Waals surface area contributed by atoms with E-state index in [2.05, 4.69) is 25.9 Å². The summed E-state index contributed by atoms with van der Waals surface area (Å²) in [5.41, 5.74) is 6.95. The number of aromatic amines is 1. The first-order valence-corrected chi connectivity index (χ1v) is 5.56. The molecule has 1 aromatic rings. The van der Waals surface area contributed by atoms with Crippen LogP contribution < -0.4 is 11.3 Å². The van der Waals surface area contributed by atoms with Gasteiger partial charge in [-0.3, -0.25) is 9.89 Å². The molecular formula is C11H21N3O. The summed E-state index contributed by atoms with van der Waals surface area (Å²) in [6.45, 7) is 8.28. The molecule has 0 bridgehead atoms. The van der Waals surface area contributed by atoms with Crippen LogP contribution in [0.4, 0.5) is 5.69 Å². The van der Waals surface area contributed by atoms with E-state index in [0.717, 1.165) is 18.5 Å². The number of hydrogen-bond acceptors (Lipinski definition) is 2. The number of nitrogen functional groups attached to an aromatic ring is 1. The Labute approximate surface area is 90.5 Å². The fourth-order valence-electron chi connectivity index (χ4n) is 1.57. The SMILES string of the molecule is CCC(C)n1[nH]c(CC(C)C)c(N)c1=O. The van der Waals surface area contributed by atoms with Gasteiger partial charge < -0.3 is 5.73 Å². The highest BCUT2D eigenvalue weighted by atomic mass is 16.1. The molecule has 0 aromatic carbocycles. The Morgan fingerprint density at radius 2 is 2.00 bits per heavy atom. The number of aromatic nitrogens is 2. The molecule has 1 unspecified atom stereocenters. The molecule has 0 amide bonds. The zero-order valence-electron chi connectivity index (χ0n) is 10.0. The smallest absolute Gasteiger partial charge is 0.290 e. The molecule has 0 spiro atoms. The number of hydrogen-bond donors (Lipinski definition) is 2. The first-order chi connectivity index (χ1) is 6.97. The summed E-state index contributed by atoms with van der Waals surface area (Å²) in [6.07, 6.45) is 1.74. The third kappa shape index (κ3) is 2.43. The van der Waals surface area contributed by atoms with Gasteiger partial charge in [0.25, 0.3) is 5.56 Å². The maximum Gasteiger partial charge on any atom is 0.290 e. The second-order valence-corrected chi connectivity index (χ2v) is 4.53. The molecule has 1 heterocycles. The Morgan fingerprint density at radius 3 is 2.47 bits per heavy atom. The van der Waals surface area contributed by atoms with Crippen LogP contribution in [0.2, 0.25) is 0 Å². The van der Waals surface area contributed by atoms with Crippen molar-refractivity contribution in [2.45, 2.75) is 46.6 Å². The van der Waals surface area contributed by atoms with Crippen molar-refractivity contribution in [2.75, 3.05) is 5.73 Å². The van der Waals surface area contributed by atoms with Gasteiger partial charge in [0.2, 0.25) is 0 Å². The van der Waals surface area contributed by atoms with Crippen LogP contribution in [0.15, 0.2) is 4.79 Å². The second-order valence-electron chi connectivity index (χ2n) is 4.53. The van der Waals surface area contributed by atoms with Gasteiger partial charge in [0.15, 0.2) is 0 Å². The number of rotatable bonds is 4. The lowest BCUT2D eigenvalue weighted by atomic mass is 10.1. The van der Waals surface area contributed by atoms with E-state index in [1.165, 1.54) is 0 Å². The van der Waals surface area contributed by atoms with E-state index in [1.807, 2.05) is 6.92 Å². The van der Waals surface area contributed by atoms with Crippen molar-refractivity contribution in [3.8, 4) is 0 Å². The van der Waals surface area contributed by atoms with Crippen molar-refractivity contribution in [1.82, 2.24) is 9.78 Å². The Bertz CT molecular complexity index is 376. The molecule has 1 rings (SSSR count). The van der Waals surface area contributed by atoms with E-state index >= 15 is 0 Å². The van der Waals surface area contributed by atoms with Crippen LogP contribution in [0.25, 0.3) is 0 Å². The molecule has 4 nitrogen and oxygen atoms in total. The molecule has 0 aliphatic heterocycles. The van der Waals surface area contributed by atoms with E-state index in [-0.39, 0.29) is 11.6 Å². The van der Waals surface area contributed by atoms with Crippen LogP contribution in [-0.4, -0.2) is 9.78 Å². The summed E-state index contributed by atoms with van der Waals surface area (Å²) in [5.74, 6) is 0.496. The maximum atomic E-state index is 11.8. The third-order valence-electron chi connectivity index (χ3n) is 2.67. The number of nitrogens with two attached hydrogens (primary N) is 1. The Balaban J connectivity index is 3.07. The lowest BCUT2D eigenvalue weighted by molar-refractivity contribution is 0.458. The Kier molecular flexibility index (Phi) is 3.61. The standard InChI is InChI=1S/C11H21N3O/c1-5-8(4)14-11(15)10(12)9(13-14)6-7(2)3/h7-8,13H,5-6,12H2,1-4H3. The summed E-state index contributed by atoms with van der Waals surface area (Å²) < 4.78 is 1.63. The maximum absolute atomic E-state index is 11.8. The zero-order valence-corrected chi connectivity index (χ0v) is 10.0. The van der Waals surface area contributed by atoms with Crippen LogP contribution in [0, 0.1) is 5.92 Å². The average Bonchev–Trinajstić information content (AvgIpc) is 2.44. The monoisotopic (exact) mass is 211 g/mol. The summed E-state index contributed by atoms with van der Waals surface area (Å²) in [5, 5.41) is 3.11. The van der Waals surface area contributed by atoms with Gasteiger partial charge in [-0.2, -0.15) is 0 Å². The quantitative estimate of drug-likeness (QED) is 0.799. The summed E-state index contributed by atoms with van der Waals surface area (Å²) in [6, 6.07) is 0.181. The highest BCUT2D eigenvalue weighted by Gasteiger charge is 2.14. The molecular weight excluding hydrogens is 190 g/mol. The lowest BCUT2D eigenvalue weighted by Gasteiger charge is -2.09. The Hall–Kier alpha value is -1.19. The highest BCUT2D eigenvalue weighted by molar-refractivity contribution is 5.40. The topological polar surface area (TPSA) is 63.8 Å². The molecule has 0 fully saturated rings. The van der Waals surface area contributed by atoms with Gasteiger partial charge in [0.05, 0.1) is 11.7 Å². The molecule has 0 saturated carbocycles. The predicted molar refractivity (Wildman–Crippen MR) is 63.0 cm³/mol. The van der Waals surface area contributed by atoms with Crippen molar-refractivity contribution in [3.63, 3.8) is 0 Å².